The van der Waals surface area contributed by atoms with Gasteiger partial charge in [0.15, 0.2) is 0 Å². The van der Waals surface area contributed by atoms with Crippen molar-refractivity contribution in [2.75, 3.05) is 5.73 Å². The number of anilines is 1. The first-order valence-electron chi connectivity index (χ1n) is 8.01. The second-order valence-corrected chi connectivity index (χ2v) is 7.35. The Kier molecular flexibility index (Phi) is 2.03. The van der Waals surface area contributed by atoms with Gasteiger partial charge in [0.25, 0.3) is 0 Å². The lowest BCUT2D eigenvalue weighted by Crippen LogP contribution is -2.60. The maximum absolute atomic E-state index is 6.61. The van der Waals surface area contributed by atoms with E-state index >= 15 is 0 Å². The van der Waals surface area contributed by atoms with Crippen LogP contribution in [0.3, 0.4) is 0 Å². The molecule has 104 valence electrons. The fourth-order valence-corrected chi connectivity index (χ4v) is 5.63. The van der Waals surface area contributed by atoms with Gasteiger partial charge in [-0.2, -0.15) is 0 Å². The van der Waals surface area contributed by atoms with Crippen LogP contribution in [0.2, 0.25) is 0 Å². The number of nitrogen functional groups attached to an aromatic ring is 1. The van der Waals surface area contributed by atoms with Gasteiger partial charge in [-0.1, -0.05) is 6.07 Å². The van der Waals surface area contributed by atoms with Crippen LogP contribution in [0.15, 0.2) is 24.3 Å². The Morgan fingerprint density at radius 2 is 1.70 bits per heavy atom. The van der Waals surface area contributed by atoms with E-state index in [2.05, 4.69) is 18.2 Å². The second kappa shape index (κ2) is 3.60. The zero-order valence-corrected chi connectivity index (χ0v) is 11.7. The molecule has 1 aromatic rings. The molecule has 0 radical (unpaired) electrons. The molecule has 0 amide bonds. The summed E-state index contributed by atoms with van der Waals surface area (Å²) in [6.45, 7) is 0. The third-order valence-electron chi connectivity index (χ3n) is 6.31. The summed E-state index contributed by atoms with van der Waals surface area (Å²) in [4.78, 5) is 0. The average molecular weight is 267 g/mol. The van der Waals surface area contributed by atoms with E-state index in [0.29, 0.717) is 0 Å². The maximum atomic E-state index is 6.61. The van der Waals surface area contributed by atoms with E-state index in [0.717, 1.165) is 40.7 Å². The third kappa shape index (κ3) is 1.30. The first-order valence-corrected chi connectivity index (χ1v) is 8.01. The molecule has 0 atom stereocenters. The van der Waals surface area contributed by atoms with Crippen LogP contribution in [0.1, 0.15) is 37.7 Å². The quantitative estimate of drug-likeness (QED) is 0.724. The van der Waals surface area contributed by atoms with Gasteiger partial charge in [0.2, 0.25) is 0 Å². The minimum atomic E-state index is -0.0196. The van der Waals surface area contributed by atoms with Gasteiger partial charge in [0.05, 0.1) is 0 Å². The fraction of sp³-hybridized carbons (Fsp3) is 0.556. The van der Waals surface area contributed by atoms with Crippen molar-refractivity contribution in [2.24, 2.45) is 23.7 Å². The number of fused-ring (bicyclic) bond motifs is 1. The van der Waals surface area contributed by atoms with Gasteiger partial charge in [-0.25, -0.2) is 0 Å². The van der Waals surface area contributed by atoms with Gasteiger partial charge in [0.1, 0.15) is 11.4 Å². The Hall–Kier alpha value is -1.44. The van der Waals surface area contributed by atoms with Gasteiger partial charge in [0, 0.05) is 23.1 Å². The lowest BCUT2D eigenvalue weighted by atomic mass is 9.49. The summed E-state index contributed by atoms with van der Waals surface area (Å²) in [7, 11) is 0. The van der Waals surface area contributed by atoms with Crippen molar-refractivity contribution < 1.29 is 4.74 Å². The Labute approximate surface area is 120 Å². The molecule has 20 heavy (non-hydrogen) atoms. The van der Waals surface area contributed by atoms with Crippen LogP contribution < -0.4 is 10.5 Å². The van der Waals surface area contributed by atoms with E-state index in [1.807, 2.05) is 12.1 Å². The van der Waals surface area contributed by atoms with E-state index in [9.17, 15) is 0 Å². The van der Waals surface area contributed by atoms with E-state index in [1.54, 1.807) is 0 Å². The van der Waals surface area contributed by atoms with Crippen molar-refractivity contribution in [3.05, 3.63) is 29.8 Å². The molecule has 0 saturated heterocycles. The van der Waals surface area contributed by atoms with Crippen LogP contribution in [0.4, 0.5) is 5.69 Å². The van der Waals surface area contributed by atoms with Crippen molar-refractivity contribution in [2.45, 2.75) is 37.7 Å². The van der Waals surface area contributed by atoms with Gasteiger partial charge in [-0.15, -0.1) is 0 Å². The highest BCUT2D eigenvalue weighted by Gasteiger charge is 2.58. The number of hydrogen-bond acceptors (Lipinski definition) is 2. The lowest BCUT2D eigenvalue weighted by molar-refractivity contribution is -0.128. The molecule has 1 aromatic carbocycles. The highest BCUT2D eigenvalue weighted by molar-refractivity contribution is 5.72. The Morgan fingerprint density at radius 3 is 2.40 bits per heavy atom. The summed E-state index contributed by atoms with van der Waals surface area (Å²) in [6, 6.07) is 6.06. The van der Waals surface area contributed by atoms with E-state index in [4.69, 9.17) is 10.5 Å². The topological polar surface area (TPSA) is 35.2 Å². The molecule has 2 nitrogen and oxygen atoms in total. The predicted molar refractivity (Wildman–Crippen MR) is 80.3 cm³/mol. The molecule has 4 fully saturated rings. The van der Waals surface area contributed by atoms with Gasteiger partial charge >= 0.3 is 0 Å². The molecule has 0 unspecified atom stereocenters. The maximum Gasteiger partial charge on any atom is 0.133 e. The lowest BCUT2D eigenvalue weighted by Gasteiger charge is -2.60. The first-order chi connectivity index (χ1) is 9.74. The molecule has 1 spiro atoms. The zero-order valence-electron chi connectivity index (χ0n) is 11.7. The summed E-state index contributed by atoms with van der Waals surface area (Å²) >= 11 is 0. The van der Waals surface area contributed by atoms with Crippen LogP contribution in [0.5, 0.6) is 5.75 Å². The molecular formula is C18H21NO. The zero-order chi connectivity index (χ0) is 13.3. The fourth-order valence-electron chi connectivity index (χ4n) is 5.63. The Bertz CT molecular complexity index is 575. The van der Waals surface area contributed by atoms with Crippen LogP contribution in [0.25, 0.3) is 6.08 Å². The van der Waals surface area contributed by atoms with Gasteiger partial charge in [-0.05, 0) is 68.2 Å². The molecule has 1 heterocycles. The average Bonchev–Trinajstić information content (AvgIpc) is 2.44. The van der Waals surface area contributed by atoms with Gasteiger partial charge < -0.3 is 10.5 Å². The number of benzene rings is 1. The van der Waals surface area contributed by atoms with E-state index in [1.165, 1.54) is 32.1 Å². The molecule has 2 heteroatoms. The molecular weight excluding hydrogens is 246 g/mol. The van der Waals surface area contributed by atoms with Gasteiger partial charge in [-0.3, -0.25) is 0 Å². The first kappa shape index (κ1) is 11.2. The molecule has 0 aromatic heterocycles. The summed E-state index contributed by atoms with van der Waals surface area (Å²) in [5.41, 5.74) is 7.96. The standard InChI is InChI=1S/C18H21NO/c19-16-2-1-3-17-15(16)4-5-18(20-17)13-7-11-6-12(9-13)10-14(18)8-11/h1-5,11-14H,6-10,19H2. The highest BCUT2D eigenvalue weighted by atomic mass is 16.5. The molecule has 1 aliphatic heterocycles. The summed E-state index contributed by atoms with van der Waals surface area (Å²) in [6.07, 6.45) is 11.6. The normalized spacial score (nSPS) is 43.6. The number of rotatable bonds is 0. The van der Waals surface area contributed by atoms with Crippen LogP contribution >= 0.6 is 0 Å². The van der Waals surface area contributed by atoms with E-state index < -0.39 is 0 Å². The number of hydrogen-bond donors (Lipinski definition) is 1. The van der Waals surface area contributed by atoms with Crippen LogP contribution in [-0.4, -0.2) is 5.60 Å². The minimum absolute atomic E-state index is 0.0196. The second-order valence-electron chi connectivity index (χ2n) is 7.35. The van der Waals surface area contributed by atoms with Crippen molar-refractivity contribution in [1.29, 1.82) is 0 Å². The van der Waals surface area contributed by atoms with Crippen molar-refractivity contribution in [3.63, 3.8) is 0 Å². The third-order valence-corrected chi connectivity index (χ3v) is 6.31. The molecule has 4 aliphatic carbocycles. The van der Waals surface area contributed by atoms with Crippen LogP contribution in [-0.2, 0) is 0 Å². The smallest absolute Gasteiger partial charge is 0.133 e. The number of ether oxygens (including phenoxy) is 1. The highest BCUT2D eigenvalue weighted by Crippen LogP contribution is 2.61. The predicted octanol–water partition coefficient (Wildman–Crippen LogP) is 3.87. The minimum Gasteiger partial charge on any atom is -0.482 e. The number of nitrogens with two attached hydrogens (primary N) is 1. The van der Waals surface area contributed by atoms with Crippen LogP contribution in [0, 0.1) is 23.7 Å². The molecule has 4 bridgehead atoms. The Morgan fingerprint density at radius 1 is 1.00 bits per heavy atom. The molecule has 4 saturated carbocycles. The SMILES string of the molecule is Nc1cccc2c1C=CC1(O2)C2CC3CC(C2)CC1C3. The summed E-state index contributed by atoms with van der Waals surface area (Å²) in [5.74, 6) is 4.40. The Balaban J connectivity index is 1.60. The molecule has 2 N–H and O–H groups in total. The largest absolute Gasteiger partial charge is 0.482 e. The monoisotopic (exact) mass is 267 g/mol. The molecule has 5 aliphatic rings. The van der Waals surface area contributed by atoms with Crippen molar-refractivity contribution >= 4 is 11.8 Å². The molecule has 6 rings (SSSR count). The summed E-state index contributed by atoms with van der Waals surface area (Å²) in [5, 5.41) is 0. The van der Waals surface area contributed by atoms with Crippen molar-refractivity contribution in [3.8, 4) is 5.75 Å². The van der Waals surface area contributed by atoms with Crippen molar-refractivity contribution in [1.82, 2.24) is 0 Å². The summed E-state index contributed by atoms with van der Waals surface area (Å²) < 4.78 is 6.61. The van der Waals surface area contributed by atoms with E-state index in [-0.39, 0.29) is 5.60 Å².